The van der Waals surface area contributed by atoms with Gasteiger partial charge in [0.1, 0.15) is 0 Å². The summed E-state index contributed by atoms with van der Waals surface area (Å²) in [6.45, 7) is 3.30. The van der Waals surface area contributed by atoms with Gasteiger partial charge in [0.25, 0.3) is 0 Å². The second-order valence-corrected chi connectivity index (χ2v) is 5.52. The van der Waals surface area contributed by atoms with E-state index in [-0.39, 0.29) is 6.04 Å². The second-order valence-electron chi connectivity index (χ2n) is 4.74. The summed E-state index contributed by atoms with van der Waals surface area (Å²) in [7, 11) is 2.20. The van der Waals surface area contributed by atoms with Crippen molar-refractivity contribution in [2.45, 2.75) is 31.8 Å². The highest BCUT2D eigenvalue weighted by molar-refractivity contribution is 7.07. The van der Waals surface area contributed by atoms with Gasteiger partial charge in [-0.3, -0.25) is 4.90 Å². The largest absolute Gasteiger partial charge is 0.326 e. The van der Waals surface area contributed by atoms with Gasteiger partial charge in [-0.25, -0.2) is 0 Å². The molecule has 2 nitrogen and oxygen atoms in total. The molecule has 2 rings (SSSR count). The third kappa shape index (κ3) is 2.80. The first-order chi connectivity index (χ1) is 7.18. The van der Waals surface area contributed by atoms with Gasteiger partial charge in [-0.05, 0) is 55.1 Å². The van der Waals surface area contributed by atoms with Crippen molar-refractivity contribution in [1.29, 1.82) is 0 Å². The van der Waals surface area contributed by atoms with E-state index in [0.29, 0.717) is 6.04 Å². The maximum atomic E-state index is 6.09. The summed E-state index contributed by atoms with van der Waals surface area (Å²) in [6.07, 6.45) is 2.80. The Bertz CT molecular complexity index is 291. The molecule has 2 atom stereocenters. The average molecular weight is 224 g/mol. The molecule has 0 radical (unpaired) electrons. The predicted molar refractivity (Wildman–Crippen MR) is 66.1 cm³/mol. The first kappa shape index (κ1) is 11.1. The topological polar surface area (TPSA) is 29.3 Å². The van der Waals surface area contributed by atoms with E-state index in [2.05, 4.69) is 35.7 Å². The van der Waals surface area contributed by atoms with E-state index in [1.807, 2.05) is 0 Å². The molecule has 1 heterocycles. The summed E-state index contributed by atoms with van der Waals surface area (Å²) in [5, 5.41) is 4.35. The van der Waals surface area contributed by atoms with Crippen molar-refractivity contribution in [1.82, 2.24) is 4.90 Å². The Hall–Kier alpha value is -0.380. The fourth-order valence-corrected chi connectivity index (χ4v) is 2.91. The maximum Gasteiger partial charge on any atom is 0.0501 e. The Morgan fingerprint density at radius 1 is 1.60 bits per heavy atom. The van der Waals surface area contributed by atoms with Crippen LogP contribution in [-0.4, -0.2) is 24.5 Å². The monoisotopic (exact) mass is 224 g/mol. The molecule has 0 aliphatic heterocycles. The van der Waals surface area contributed by atoms with Gasteiger partial charge >= 0.3 is 0 Å². The highest BCUT2D eigenvalue weighted by Gasteiger charge is 2.28. The molecule has 2 N–H and O–H groups in total. The lowest BCUT2D eigenvalue weighted by Gasteiger charge is -2.30. The Morgan fingerprint density at radius 2 is 2.33 bits per heavy atom. The minimum Gasteiger partial charge on any atom is -0.326 e. The van der Waals surface area contributed by atoms with E-state index in [0.717, 1.165) is 5.92 Å². The molecule has 1 aliphatic carbocycles. The van der Waals surface area contributed by atoms with Crippen molar-refractivity contribution < 1.29 is 0 Å². The van der Waals surface area contributed by atoms with Crippen LogP contribution in [0.3, 0.4) is 0 Å². The molecule has 0 bridgehead atoms. The normalized spacial score (nSPS) is 20.5. The van der Waals surface area contributed by atoms with Gasteiger partial charge in [0, 0.05) is 12.6 Å². The van der Waals surface area contributed by atoms with E-state index in [1.165, 1.54) is 24.9 Å². The van der Waals surface area contributed by atoms with Gasteiger partial charge in [0.05, 0.1) is 6.04 Å². The van der Waals surface area contributed by atoms with E-state index in [4.69, 9.17) is 5.73 Å². The average Bonchev–Trinajstić information content (AvgIpc) is 2.81. The molecule has 1 aromatic heterocycles. The third-order valence-electron chi connectivity index (χ3n) is 3.10. The zero-order chi connectivity index (χ0) is 10.8. The molecular formula is C12H20N2S. The zero-order valence-electron chi connectivity index (χ0n) is 9.52. The van der Waals surface area contributed by atoms with Crippen molar-refractivity contribution >= 4 is 11.3 Å². The Balaban J connectivity index is 2.04. The quantitative estimate of drug-likeness (QED) is 0.832. The zero-order valence-corrected chi connectivity index (χ0v) is 10.3. The van der Waals surface area contributed by atoms with Crippen LogP contribution in [0.4, 0.5) is 0 Å². The summed E-state index contributed by atoms with van der Waals surface area (Å²) in [5.74, 6) is 0.926. The van der Waals surface area contributed by atoms with Crippen LogP contribution in [-0.2, 0) is 0 Å². The Morgan fingerprint density at radius 3 is 2.80 bits per heavy atom. The molecular weight excluding hydrogens is 204 g/mol. The van der Waals surface area contributed by atoms with Gasteiger partial charge in [-0.15, -0.1) is 0 Å². The second kappa shape index (κ2) is 4.64. The van der Waals surface area contributed by atoms with E-state index >= 15 is 0 Å². The summed E-state index contributed by atoms with van der Waals surface area (Å²) in [4.78, 5) is 2.42. The van der Waals surface area contributed by atoms with E-state index in [1.54, 1.807) is 11.3 Å². The number of nitrogens with zero attached hydrogens (tertiary/aromatic N) is 1. The minimum atomic E-state index is 0.198. The Labute approximate surface area is 96.1 Å². The van der Waals surface area contributed by atoms with Crippen LogP contribution in [0.2, 0.25) is 0 Å². The van der Waals surface area contributed by atoms with Crippen molar-refractivity contribution in [3.05, 3.63) is 22.4 Å². The fraction of sp³-hybridized carbons (Fsp3) is 0.667. The molecule has 0 amide bonds. The van der Waals surface area contributed by atoms with Gasteiger partial charge in [0.15, 0.2) is 0 Å². The van der Waals surface area contributed by atoms with Crippen LogP contribution in [0.5, 0.6) is 0 Å². The first-order valence-corrected chi connectivity index (χ1v) is 6.60. The molecule has 1 fully saturated rings. The lowest BCUT2D eigenvalue weighted by molar-refractivity contribution is 0.211. The summed E-state index contributed by atoms with van der Waals surface area (Å²) in [5.41, 5.74) is 7.46. The molecule has 0 aromatic carbocycles. The molecule has 84 valence electrons. The number of hydrogen-bond donors (Lipinski definition) is 1. The summed E-state index contributed by atoms with van der Waals surface area (Å²) in [6, 6.07) is 2.78. The van der Waals surface area contributed by atoms with Crippen LogP contribution in [0.15, 0.2) is 16.8 Å². The molecule has 0 spiro atoms. The SMILES string of the molecule is CC(N)C(c1ccsc1)N(C)CC1CC1. The smallest absolute Gasteiger partial charge is 0.0501 e. The molecule has 0 saturated heterocycles. The number of likely N-dealkylation sites (N-methyl/N-ethyl adjacent to an activating group) is 1. The highest BCUT2D eigenvalue weighted by Crippen LogP contribution is 2.33. The number of rotatable bonds is 5. The number of thiophene rings is 1. The van der Waals surface area contributed by atoms with Crippen molar-refractivity contribution in [3.63, 3.8) is 0 Å². The predicted octanol–water partition coefficient (Wildman–Crippen LogP) is 2.48. The van der Waals surface area contributed by atoms with Crippen LogP contribution < -0.4 is 5.73 Å². The lowest BCUT2D eigenvalue weighted by atomic mass is 10.0. The van der Waals surface area contributed by atoms with Crippen LogP contribution in [0.1, 0.15) is 31.4 Å². The lowest BCUT2D eigenvalue weighted by Crippen LogP contribution is -2.38. The van der Waals surface area contributed by atoms with Gasteiger partial charge in [0.2, 0.25) is 0 Å². The van der Waals surface area contributed by atoms with Crippen molar-refractivity contribution in [2.75, 3.05) is 13.6 Å². The molecule has 1 aromatic rings. The third-order valence-corrected chi connectivity index (χ3v) is 3.80. The number of hydrogen-bond acceptors (Lipinski definition) is 3. The highest BCUT2D eigenvalue weighted by atomic mass is 32.1. The van der Waals surface area contributed by atoms with E-state index in [9.17, 15) is 0 Å². The summed E-state index contributed by atoms with van der Waals surface area (Å²) >= 11 is 1.76. The molecule has 2 unspecified atom stereocenters. The van der Waals surface area contributed by atoms with Crippen LogP contribution >= 0.6 is 11.3 Å². The van der Waals surface area contributed by atoms with Gasteiger partial charge in [-0.1, -0.05) is 0 Å². The standard InChI is InChI=1S/C12H20N2S/c1-9(13)12(11-5-6-15-8-11)14(2)7-10-3-4-10/h5-6,8-10,12H,3-4,7,13H2,1-2H3. The van der Waals surface area contributed by atoms with Crippen molar-refractivity contribution in [3.8, 4) is 0 Å². The molecule has 1 saturated carbocycles. The fourth-order valence-electron chi connectivity index (χ4n) is 2.22. The van der Waals surface area contributed by atoms with Crippen molar-refractivity contribution in [2.24, 2.45) is 11.7 Å². The summed E-state index contributed by atoms with van der Waals surface area (Å²) < 4.78 is 0. The van der Waals surface area contributed by atoms with E-state index < -0.39 is 0 Å². The van der Waals surface area contributed by atoms with Crippen LogP contribution in [0, 0.1) is 5.92 Å². The molecule has 15 heavy (non-hydrogen) atoms. The van der Waals surface area contributed by atoms with Gasteiger partial charge < -0.3 is 5.73 Å². The molecule has 3 heteroatoms. The number of nitrogens with two attached hydrogens (primary N) is 1. The van der Waals surface area contributed by atoms with Gasteiger partial charge in [-0.2, -0.15) is 11.3 Å². The molecule has 1 aliphatic rings. The Kier molecular flexibility index (Phi) is 3.44. The van der Waals surface area contributed by atoms with Crippen LogP contribution in [0.25, 0.3) is 0 Å². The first-order valence-electron chi connectivity index (χ1n) is 5.66. The maximum absolute atomic E-state index is 6.09. The minimum absolute atomic E-state index is 0.198.